The van der Waals surface area contributed by atoms with Crippen molar-refractivity contribution in [3.8, 4) is 5.75 Å². The molecule has 0 aliphatic rings. The number of benzene rings is 1. The Labute approximate surface area is 90.2 Å². The quantitative estimate of drug-likeness (QED) is 0.599. The number of ether oxygens (including phenoxy) is 1. The van der Waals surface area contributed by atoms with Crippen LogP contribution in [0, 0.1) is 6.92 Å². The molecule has 0 radical (unpaired) electrons. The van der Waals surface area contributed by atoms with Gasteiger partial charge >= 0.3 is 0 Å². The van der Waals surface area contributed by atoms with E-state index in [4.69, 9.17) is 16.3 Å². The molecule has 0 bridgehead atoms. The molecule has 0 spiro atoms. The van der Waals surface area contributed by atoms with E-state index in [0.29, 0.717) is 5.88 Å². The van der Waals surface area contributed by atoms with Crippen LogP contribution in [-0.4, -0.2) is 19.5 Å². The number of nitrogens with one attached hydrogen (secondary N) is 1. The number of methoxy groups -OCH3 is 1. The predicted molar refractivity (Wildman–Crippen MR) is 60.2 cm³/mol. The van der Waals surface area contributed by atoms with Crippen LogP contribution < -0.4 is 10.1 Å². The van der Waals surface area contributed by atoms with Gasteiger partial charge in [0, 0.05) is 24.5 Å². The summed E-state index contributed by atoms with van der Waals surface area (Å²) in [5, 5.41) is 3.24. The van der Waals surface area contributed by atoms with E-state index in [2.05, 4.69) is 18.3 Å². The average Bonchev–Trinajstić information content (AvgIpc) is 2.19. The number of hydrogen-bond acceptors (Lipinski definition) is 2. The zero-order chi connectivity index (χ0) is 10.4. The molecule has 0 atom stereocenters. The third kappa shape index (κ3) is 3.20. The van der Waals surface area contributed by atoms with Crippen molar-refractivity contribution in [2.75, 3.05) is 19.5 Å². The van der Waals surface area contributed by atoms with E-state index in [1.54, 1.807) is 7.11 Å². The third-order valence-corrected chi connectivity index (χ3v) is 2.21. The van der Waals surface area contributed by atoms with Crippen molar-refractivity contribution in [3.05, 3.63) is 29.3 Å². The largest absolute Gasteiger partial charge is 0.496 e. The number of rotatable bonds is 5. The molecule has 0 aliphatic heterocycles. The topological polar surface area (TPSA) is 21.3 Å². The van der Waals surface area contributed by atoms with E-state index in [0.717, 1.165) is 18.8 Å². The fourth-order valence-corrected chi connectivity index (χ4v) is 1.47. The maximum Gasteiger partial charge on any atom is 0.123 e. The zero-order valence-corrected chi connectivity index (χ0v) is 9.40. The molecule has 2 nitrogen and oxygen atoms in total. The van der Waals surface area contributed by atoms with Crippen LogP contribution in [-0.2, 0) is 6.54 Å². The molecule has 0 heterocycles. The van der Waals surface area contributed by atoms with E-state index in [1.165, 1.54) is 11.1 Å². The molecule has 0 amide bonds. The summed E-state index contributed by atoms with van der Waals surface area (Å²) in [4.78, 5) is 0. The summed E-state index contributed by atoms with van der Waals surface area (Å²) >= 11 is 5.58. The molecule has 1 aromatic carbocycles. The van der Waals surface area contributed by atoms with E-state index in [1.807, 2.05) is 12.1 Å². The van der Waals surface area contributed by atoms with Crippen LogP contribution >= 0.6 is 11.6 Å². The Morgan fingerprint density at radius 3 is 2.86 bits per heavy atom. The first-order valence-electron chi connectivity index (χ1n) is 4.68. The lowest BCUT2D eigenvalue weighted by molar-refractivity contribution is 0.408. The number of aryl methyl sites for hydroxylation is 1. The van der Waals surface area contributed by atoms with Gasteiger partial charge in [0.15, 0.2) is 0 Å². The minimum atomic E-state index is 0.633. The van der Waals surface area contributed by atoms with Crippen LogP contribution in [0.3, 0.4) is 0 Å². The van der Waals surface area contributed by atoms with Gasteiger partial charge in [-0.25, -0.2) is 0 Å². The highest BCUT2D eigenvalue weighted by atomic mass is 35.5. The second kappa shape index (κ2) is 5.89. The lowest BCUT2D eigenvalue weighted by Crippen LogP contribution is -2.16. The molecule has 0 fully saturated rings. The molecular weight excluding hydrogens is 198 g/mol. The highest BCUT2D eigenvalue weighted by Gasteiger charge is 2.01. The Bertz CT molecular complexity index is 289. The van der Waals surface area contributed by atoms with Crippen LogP contribution in [0.5, 0.6) is 5.75 Å². The highest BCUT2D eigenvalue weighted by molar-refractivity contribution is 6.18. The minimum Gasteiger partial charge on any atom is -0.496 e. The van der Waals surface area contributed by atoms with Crippen molar-refractivity contribution in [2.24, 2.45) is 0 Å². The summed E-state index contributed by atoms with van der Waals surface area (Å²) in [6, 6.07) is 6.16. The Kier molecular flexibility index (Phi) is 4.77. The Balaban J connectivity index is 2.67. The van der Waals surface area contributed by atoms with Gasteiger partial charge in [0.1, 0.15) is 5.75 Å². The number of halogens is 1. The smallest absolute Gasteiger partial charge is 0.123 e. The number of hydrogen-bond donors (Lipinski definition) is 1. The second-order valence-electron chi connectivity index (χ2n) is 3.18. The van der Waals surface area contributed by atoms with Gasteiger partial charge < -0.3 is 10.1 Å². The van der Waals surface area contributed by atoms with Gasteiger partial charge in [-0.2, -0.15) is 0 Å². The van der Waals surface area contributed by atoms with E-state index in [9.17, 15) is 0 Å². The maximum absolute atomic E-state index is 5.58. The third-order valence-electron chi connectivity index (χ3n) is 2.02. The molecule has 14 heavy (non-hydrogen) atoms. The average molecular weight is 214 g/mol. The first-order chi connectivity index (χ1) is 6.77. The second-order valence-corrected chi connectivity index (χ2v) is 3.56. The normalized spacial score (nSPS) is 10.2. The fourth-order valence-electron chi connectivity index (χ4n) is 1.34. The Morgan fingerprint density at radius 2 is 2.21 bits per heavy atom. The SMILES string of the molecule is COc1ccc(C)cc1CNCCCl. The van der Waals surface area contributed by atoms with Gasteiger partial charge in [-0.3, -0.25) is 0 Å². The van der Waals surface area contributed by atoms with Crippen LogP contribution in [0.1, 0.15) is 11.1 Å². The lowest BCUT2D eigenvalue weighted by atomic mass is 10.1. The van der Waals surface area contributed by atoms with Gasteiger partial charge in [-0.15, -0.1) is 11.6 Å². The van der Waals surface area contributed by atoms with Crippen molar-refractivity contribution < 1.29 is 4.74 Å². The summed E-state index contributed by atoms with van der Waals surface area (Å²) in [7, 11) is 1.69. The van der Waals surface area contributed by atoms with Crippen molar-refractivity contribution >= 4 is 11.6 Å². The summed E-state index contributed by atoms with van der Waals surface area (Å²) in [5.41, 5.74) is 2.42. The molecule has 0 saturated carbocycles. The van der Waals surface area contributed by atoms with Gasteiger partial charge in [0.05, 0.1) is 7.11 Å². The summed E-state index contributed by atoms with van der Waals surface area (Å²) in [5.74, 6) is 1.56. The van der Waals surface area contributed by atoms with Gasteiger partial charge in [0.2, 0.25) is 0 Å². The number of alkyl halides is 1. The molecule has 78 valence electrons. The first kappa shape index (κ1) is 11.3. The fraction of sp³-hybridized carbons (Fsp3) is 0.455. The van der Waals surface area contributed by atoms with Crippen molar-refractivity contribution in [1.29, 1.82) is 0 Å². The van der Waals surface area contributed by atoms with Crippen LogP contribution in [0.4, 0.5) is 0 Å². The van der Waals surface area contributed by atoms with Gasteiger partial charge in [0.25, 0.3) is 0 Å². The van der Waals surface area contributed by atoms with E-state index < -0.39 is 0 Å². The first-order valence-corrected chi connectivity index (χ1v) is 5.21. The van der Waals surface area contributed by atoms with E-state index >= 15 is 0 Å². The molecule has 1 aromatic rings. The lowest BCUT2D eigenvalue weighted by Gasteiger charge is -2.09. The molecule has 3 heteroatoms. The Hall–Kier alpha value is -0.730. The van der Waals surface area contributed by atoms with Crippen LogP contribution in [0.2, 0.25) is 0 Å². The molecule has 0 saturated heterocycles. The predicted octanol–water partition coefficient (Wildman–Crippen LogP) is 2.33. The van der Waals surface area contributed by atoms with E-state index in [-0.39, 0.29) is 0 Å². The molecule has 0 aromatic heterocycles. The van der Waals surface area contributed by atoms with Crippen molar-refractivity contribution in [1.82, 2.24) is 5.32 Å². The highest BCUT2D eigenvalue weighted by Crippen LogP contribution is 2.19. The summed E-state index contributed by atoms with van der Waals surface area (Å²) in [6.07, 6.45) is 0. The van der Waals surface area contributed by atoms with Crippen LogP contribution in [0.15, 0.2) is 18.2 Å². The maximum atomic E-state index is 5.58. The van der Waals surface area contributed by atoms with Crippen molar-refractivity contribution in [2.45, 2.75) is 13.5 Å². The standard InChI is InChI=1S/C11H16ClNO/c1-9-3-4-11(14-2)10(7-9)8-13-6-5-12/h3-4,7,13H,5-6,8H2,1-2H3. The molecule has 1 N–H and O–H groups in total. The van der Waals surface area contributed by atoms with Crippen LogP contribution in [0.25, 0.3) is 0 Å². The molecule has 1 rings (SSSR count). The molecule has 0 unspecified atom stereocenters. The summed E-state index contributed by atoms with van der Waals surface area (Å²) in [6.45, 7) is 3.70. The monoisotopic (exact) mass is 213 g/mol. The van der Waals surface area contributed by atoms with Gasteiger partial charge in [-0.1, -0.05) is 17.7 Å². The van der Waals surface area contributed by atoms with Crippen molar-refractivity contribution in [3.63, 3.8) is 0 Å². The molecular formula is C11H16ClNO. The minimum absolute atomic E-state index is 0.633. The van der Waals surface area contributed by atoms with Gasteiger partial charge in [-0.05, 0) is 13.0 Å². The zero-order valence-electron chi connectivity index (χ0n) is 8.64. The Morgan fingerprint density at radius 1 is 1.43 bits per heavy atom. The molecule has 0 aliphatic carbocycles. The summed E-state index contributed by atoms with van der Waals surface area (Å²) < 4.78 is 5.26.